The second-order valence-corrected chi connectivity index (χ2v) is 6.49. The van der Waals surface area contributed by atoms with E-state index in [0.717, 1.165) is 37.4 Å². The number of nitrogens with zero attached hydrogens (tertiary/aromatic N) is 3. The number of amides is 1. The van der Waals surface area contributed by atoms with Gasteiger partial charge in [-0.15, -0.1) is 5.11 Å². The van der Waals surface area contributed by atoms with E-state index in [4.69, 9.17) is 21.1 Å². The summed E-state index contributed by atoms with van der Waals surface area (Å²) in [6.45, 7) is 2.51. The van der Waals surface area contributed by atoms with Crippen LogP contribution in [0.4, 0.5) is 0 Å². The molecule has 7 nitrogen and oxygen atoms in total. The average molecular weight is 381 g/mol. The van der Waals surface area contributed by atoms with E-state index in [1.54, 1.807) is 14.2 Å². The van der Waals surface area contributed by atoms with Gasteiger partial charge in [0.1, 0.15) is 6.04 Å². The van der Waals surface area contributed by atoms with Crippen molar-refractivity contribution in [3.8, 4) is 11.5 Å². The molecule has 0 saturated heterocycles. The van der Waals surface area contributed by atoms with Crippen LogP contribution in [0, 0.1) is 0 Å². The Kier molecular flexibility index (Phi) is 8.03. The van der Waals surface area contributed by atoms with E-state index in [1.165, 1.54) is 11.8 Å². The van der Waals surface area contributed by atoms with Gasteiger partial charge in [-0.05, 0) is 50.7 Å². The Bertz CT molecular complexity index is 678. The summed E-state index contributed by atoms with van der Waals surface area (Å²) in [7, 11) is 5.35. The first-order valence-electron chi connectivity index (χ1n) is 8.48. The molecule has 0 aromatic heterocycles. The molecule has 1 atom stereocenters. The maximum absolute atomic E-state index is 11.6. The number of carbonyl (C=O) groups is 1. The minimum Gasteiger partial charge on any atom is -0.493 e. The van der Waals surface area contributed by atoms with Crippen LogP contribution in [0.5, 0.6) is 11.5 Å². The molecule has 0 saturated carbocycles. The molecule has 1 unspecified atom stereocenters. The smallest absolute Gasteiger partial charge is 0.286 e. The van der Waals surface area contributed by atoms with Crippen LogP contribution in [0.2, 0.25) is 0 Å². The monoisotopic (exact) mass is 380 g/mol. The lowest BCUT2D eigenvalue weighted by Crippen LogP contribution is -2.38. The highest BCUT2D eigenvalue weighted by Gasteiger charge is 2.23. The Balaban J connectivity index is 1.69. The normalized spacial score (nSPS) is 16.7. The first-order valence-corrected chi connectivity index (χ1v) is 8.86. The van der Waals surface area contributed by atoms with Crippen LogP contribution in [0.1, 0.15) is 12.0 Å². The van der Waals surface area contributed by atoms with Gasteiger partial charge < -0.3 is 19.7 Å². The first-order chi connectivity index (χ1) is 12.5. The summed E-state index contributed by atoms with van der Waals surface area (Å²) in [5.41, 5.74) is 1.20. The fraction of sp³-hybridized carbons (Fsp3) is 0.500. The number of likely N-dealkylation sites (N-methyl/N-ethyl adjacent to an activating group) is 1. The van der Waals surface area contributed by atoms with Gasteiger partial charge in [-0.3, -0.25) is 4.79 Å². The lowest BCUT2D eigenvalue weighted by molar-refractivity contribution is -0.119. The van der Waals surface area contributed by atoms with Crippen molar-refractivity contribution in [2.24, 2.45) is 10.2 Å². The Morgan fingerprint density at radius 1 is 1.23 bits per heavy atom. The van der Waals surface area contributed by atoms with Crippen molar-refractivity contribution in [1.29, 1.82) is 0 Å². The fourth-order valence-corrected chi connectivity index (χ4v) is 2.85. The van der Waals surface area contributed by atoms with Crippen LogP contribution in [0.25, 0.3) is 0 Å². The maximum Gasteiger partial charge on any atom is 0.286 e. The Hall–Kier alpha value is -1.96. The zero-order chi connectivity index (χ0) is 18.9. The van der Waals surface area contributed by atoms with E-state index in [2.05, 4.69) is 27.5 Å². The molecule has 26 heavy (non-hydrogen) atoms. The molecule has 1 aliphatic rings. The SMILES string of the molecule is COc1ccc(CCN(C)CCCNC2C(=O)N=NC=C2Cl)cc1OC. The number of rotatable bonds is 10. The van der Waals surface area contributed by atoms with Gasteiger partial charge in [0.2, 0.25) is 0 Å². The first kappa shape index (κ1) is 20.4. The Morgan fingerprint density at radius 2 is 2.00 bits per heavy atom. The quantitative estimate of drug-likeness (QED) is 0.631. The number of carbonyl (C=O) groups excluding carboxylic acids is 1. The standard InChI is InChI=1S/C18H25ClN4O3/c1-23(9-4-8-20-17-14(19)12-21-22-18(17)24)10-7-13-5-6-15(25-2)16(11-13)26-3/h5-6,11-12,17,20H,4,7-10H2,1-3H3. The van der Waals surface area contributed by atoms with Crippen molar-refractivity contribution in [2.75, 3.05) is 40.9 Å². The van der Waals surface area contributed by atoms with E-state index in [-0.39, 0.29) is 5.91 Å². The van der Waals surface area contributed by atoms with Crippen molar-refractivity contribution in [1.82, 2.24) is 10.2 Å². The summed E-state index contributed by atoms with van der Waals surface area (Å²) in [5.74, 6) is 1.13. The molecule has 142 valence electrons. The van der Waals surface area contributed by atoms with E-state index < -0.39 is 6.04 Å². The topological polar surface area (TPSA) is 75.5 Å². The minimum absolute atomic E-state index is 0.348. The summed E-state index contributed by atoms with van der Waals surface area (Å²) >= 11 is 5.98. The average Bonchev–Trinajstić information content (AvgIpc) is 2.65. The minimum atomic E-state index is -0.564. The van der Waals surface area contributed by atoms with Gasteiger partial charge in [0, 0.05) is 6.54 Å². The Morgan fingerprint density at radius 3 is 2.69 bits per heavy atom. The number of halogens is 1. The molecule has 1 heterocycles. The number of ether oxygens (including phenoxy) is 2. The van der Waals surface area contributed by atoms with Gasteiger partial charge in [0.05, 0.1) is 25.5 Å². The lowest BCUT2D eigenvalue weighted by atomic mass is 10.1. The summed E-state index contributed by atoms with van der Waals surface area (Å²) in [5, 5.41) is 10.5. The van der Waals surface area contributed by atoms with Gasteiger partial charge in [-0.2, -0.15) is 5.11 Å². The summed E-state index contributed by atoms with van der Waals surface area (Å²) in [4.78, 5) is 13.9. The maximum atomic E-state index is 11.6. The van der Waals surface area contributed by atoms with Gasteiger partial charge in [0.15, 0.2) is 11.5 Å². The molecule has 1 aliphatic heterocycles. The molecule has 2 rings (SSSR count). The number of methoxy groups -OCH3 is 2. The predicted molar refractivity (Wildman–Crippen MR) is 101 cm³/mol. The van der Waals surface area contributed by atoms with Crippen molar-refractivity contribution in [2.45, 2.75) is 18.9 Å². The molecular weight excluding hydrogens is 356 g/mol. The molecular formula is C18H25ClN4O3. The van der Waals surface area contributed by atoms with E-state index >= 15 is 0 Å². The van der Waals surface area contributed by atoms with Crippen LogP contribution in [0.3, 0.4) is 0 Å². The fourth-order valence-electron chi connectivity index (χ4n) is 2.64. The third kappa shape index (κ3) is 5.79. The van der Waals surface area contributed by atoms with E-state index in [9.17, 15) is 4.79 Å². The number of benzene rings is 1. The summed E-state index contributed by atoms with van der Waals surface area (Å²) in [6.07, 6.45) is 3.21. The van der Waals surface area contributed by atoms with Gasteiger partial charge in [-0.25, -0.2) is 0 Å². The van der Waals surface area contributed by atoms with Crippen LogP contribution >= 0.6 is 11.6 Å². The van der Waals surface area contributed by atoms with Crippen molar-refractivity contribution in [3.05, 3.63) is 35.0 Å². The molecule has 0 spiro atoms. The molecule has 0 fully saturated rings. The second kappa shape index (κ2) is 10.3. The van der Waals surface area contributed by atoms with Crippen LogP contribution < -0.4 is 14.8 Å². The molecule has 0 radical (unpaired) electrons. The predicted octanol–water partition coefficient (Wildman–Crippen LogP) is 2.60. The van der Waals surface area contributed by atoms with Gasteiger partial charge in [0.25, 0.3) is 5.91 Å². The second-order valence-electron chi connectivity index (χ2n) is 6.05. The zero-order valence-electron chi connectivity index (χ0n) is 15.4. The highest BCUT2D eigenvalue weighted by Crippen LogP contribution is 2.27. The number of hydrogen-bond donors (Lipinski definition) is 1. The number of hydrogen-bond acceptors (Lipinski definition) is 6. The highest BCUT2D eigenvalue weighted by molar-refractivity contribution is 6.32. The van der Waals surface area contributed by atoms with Crippen LogP contribution in [0.15, 0.2) is 39.7 Å². The Labute approximate surface area is 159 Å². The third-order valence-corrected chi connectivity index (χ3v) is 4.47. The molecule has 0 bridgehead atoms. The molecule has 1 N–H and O–H groups in total. The molecule has 0 aliphatic carbocycles. The summed E-state index contributed by atoms with van der Waals surface area (Å²) < 4.78 is 10.6. The van der Waals surface area contributed by atoms with Crippen molar-refractivity contribution >= 4 is 17.5 Å². The number of azo groups is 1. The molecule has 1 aromatic rings. The largest absolute Gasteiger partial charge is 0.493 e. The highest BCUT2D eigenvalue weighted by atomic mass is 35.5. The van der Waals surface area contributed by atoms with Crippen LogP contribution in [-0.4, -0.2) is 57.8 Å². The van der Waals surface area contributed by atoms with Crippen LogP contribution in [-0.2, 0) is 11.2 Å². The molecule has 1 amide bonds. The summed E-state index contributed by atoms with van der Waals surface area (Å²) in [6, 6.07) is 5.42. The van der Waals surface area contributed by atoms with Gasteiger partial charge >= 0.3 is 0 Å². The molecule has 8 heteroatoms. The van der Waals surface area contributed by atoms with Crippen molar-refractivity contribution < 1.29 is 14.3 Å². The van der Waals surface area contributed by atoms with E-state index in [0.29, 0.717) is 11.6 Å². The third-order valence-electron chi connectivity index (χ3n) is 4.16. The van der Waals surface area contributed by atoms with Crippen molar-refractivity contribution in [3.63, 3.8) is 0 Å². The zero-order valence-corrected chi connectivity index (χ0v) is 16.1. The molecule has 1 aromatic carbocycles. The number of nitrogens with one attached hydrogen (secondary N) is 1. The van der Waals surface area contributed by atoms with Gasteiger partial charge in [-0.1, -0.05) is 17.7 Å². The lowest BCUT2D eigenvalue weighted by Gasteiger charge is -2.19. The van der Waals surface area contributed by atoms with E-state index in [1.807, 2.05) is 18.2 Å².